The smallest absolute Gasteiger partial charge is 0.232 e. The summed E-state index contributed by atoms with van der Waals surface area (Å²) in [4.78, 5) is 6.69. The molecule has 2 rings (SSSR count). The van der Waals surface area contributed by atoms with E-state index in [1.165, 1.54) is 0 Å². The average Bonchev–Trinajstić information content (AvgIpc) is 2.76. The molecule has 1 aromatic heterocycles. The van der Waals surface area contributed by atoms with Gasteiger partial charge in [0.15, 0.2) is 0 Å². The van der Waals surface area contributed by atoms with Crippen LogP contribution in [0.4, 0.5) is 0 Å². The molecule has 0 saturated carbocycles. The highest BCUT2D eigenvalue weighted by Gasteiger charge is 2.06. The van der Waals surface area contributed by atoms with Crippen molar-refractivity contribution in [3.63, 3.8) is 0 Å². The van der Waals surface area contributed by atoms with Crippen LogP contribution in [0, 0.1) is 0 Å². The van der Waals surface area contributed by atoms with Crippen molar-refractivity contribution in [1.29, 1.82) is 0 Å². The normalized spacial score (nSPS) is 9.60. The van der Waals surface area contributed by atoms with Gasteiger partial charge in [-0.2, -0.15) is 4.98 Å². The Labute approximate surface area is 85.2 Å². The van der Waals surface area contributed by atoms with E-state index >= 15 is 0 Å². The predicted molar refractivity (Wildman–Crippen MR) is 52.6 cm³/mol. The van der Waals surface area contributed by atoms with Crippen LogP contribution in [0.1, 0.15) is 5.89 Å². The third kappa shape index (κ3) is 2.12. The number of aromatic nitrogens is 2. The van der Waals surface area contributed by atoms with Gasteiger partial charge in [0, 0.05) is 10.5 Å². The minimum Gasteiger partial charge on any atom is -0.339 e. The van der Waals surface area contributed by atoms with Gasteiger partial charge in [-0.3, -0.25) is 0 Å². The summed E-state index contributed by atoms with van der Waals surface area (Å²) in [7, 11) is 0. The lowest BCUT2D eigenvalue weighted by Gasteiger charge is -1.89. The fourth-order valence-corrected chi connectivity index (χ4v) is 1.12. The Hall–Kier alpha value is -2.33. The average molecular weight is 201 g/mol. The summed E-state index contributed by atoms with van der Waals surface area (Å²) in [6, 6.07) is 9.44. The van der Waals surface area contributed by atoms with Gasteiger partial charge in [0.25, 0.3) is 0 Å². The summed E-state index contributed by atoms with van der Waals surface area (Å²) in [5, 5.41) is 7.10. The highest BCUT2D eigenvalue weighted by molar-refractivity contribution is 5.53. The second kappa shape index (κ2) is 4.26. The van der Waals surface area contributed by atoms with Gasteiger partial charge in [0.2, 0.25) is 11.7 Å². The summed E-state index contributed by atoms with van der Waals surface area (Å²) in [6.07, 6.45) is 0. The fraction of sp³-hybridized carbons (Fsp3) is 0.111. The molecule has 0 bridgehead atoms. The first-order chi connectivity index (χ1) is 7.40. The van der Waals surface area contributed by atoms with Crippen LogP contribution in [0.5, 0.6) is 0 Å². The largest absolute Gasteiger partial charge is 0.339 e. The molecule has 0 amide bonds. The zero-order chi connectivity index (χ0) is 10.5. The Morgan fingerprint density at radius 1 is 1.33 bits per heavy atom. The third-order valence-electron chi connectivity index (χ3n) is 1.77. The number of rotatable bonds is 3. The third-order valence-corrected chi connectivity index (χ3v) is 1.77. The quantitative estimate of drug-likeness (QED) is 0.434. The monoisotopic (exact) mass is 201 g/mol. The standard InChI is InChI=1S/C9H7N5O/c10-14-11-6-8-12-9(13-15-8)7-4-2-1-3-5-7/h1-5H,6H2. The first-order valence-corrected chi connectivity index (χ1v) is 4.29. The molecule has 1 aromatic carbocycles. The molecule has 0 aliphatic carbocycles. The Balaban J connectivity index is 2.24. The zero-order valence-electron chi connectivity index (χ0n) is 7.74. The van der Waals surface area contributed by atoms with Crippen LogP contribution < -0.4 is 0 Å². The van der Waals surface area contributed by atoms with Crippen molar-refractivity contribution in [3.05, 3.63) is 46.7 Å². The lowest BCUT2D eigenvalue weighted by molar-refractivity contribution is 0.380. The molecule has 0 radical (unpaired) electrons. The molecule has 1 heterocycles. The van der Waals surface area contributed by atoms with Crippen LogP contribution in [0.3, 0.4) is 0 Å². The molecule has 6 heteroatoms. The Morgan fingerprint density at radius 2 is 2.13 bits per heavy atom. The van der Waals surface area contributed by atoms with E-state index in [2.05, 4.69) is 20.2 Å². The van der Waals surface area contributed by atoms with E-state index < -0.39 is 0 Å². The van der Waals surface area contributed by atoms with Gasteiger partial charge in [0.05, 0.1) is 0 Å². The Bertz CT molecular complexity index is 486. The second-order valence-electron chi connectivity index (χ2n) is 2.77. The van der Waals surface area contributed by atoms with E-state index in [1.54, 1.807) is 0 Å². The fourth-order valence-electron chi connectivity index (χ4n) is 1.12. The molecule has 0 aliphatic rings. The molecule has 74 valence electrons. The summed E-state index contributed by atoms with van der Waals surface area (Å²) >= 11 is 0. The lowest BCUT2D eigenvalue weighted by atomic mass is 10.2. The molecule has 0 unspecified atom stereocenters. The lowest BCUT2D eigenvalue weighted by Crippen LogP contribution is -1.81. The maximum absolute atomic E-state index is 8.12. The molecule has 0 saturated heterocycles. The first-order valence-electron chi connectivity index (χ1n) is 4.29. The van der Waals surface area contributed by atoms with Crippen molar-refractivity contribution in [1.82, 2.24) is 10.1 Å². The SMILES string of the molecule is [N-]=[N+]=NCc1nc(-c2ccccc2)no1. The van der Waals surface area contributed by atoms with Crippen LogP contribution >= 0.6 is 0 Å². The van der Waals surface area contributed by atoms with Crippen molar-refractivity contribution in [2.24, 2.45) is 5.11 Å². The van der Waals surface area contributed by atoms with E-state index in [0.717, 1.165) is 5.56 Å². The first kappa shape index (κ1) is 9.23. The van der Waals surface area contributed by atoms with Gasteiger partial charge >= 0.3 is 0 Å². The van der Waals surface area contributed by atoms with Crippen molar-refractivity contribution in [2.75, 3.05) is 0 Å². The molecule has 0 atom stereocenters. The van der Waals surface area contributed by atoms with E-state index in [4.69, 9.17) is 10.1 Å². The van der Waals surface area contributed by atoms with Crippen LogP contribution in [0.2, 0.25) is 0 Å². The Kier molecular flexibility index (Phi) is 2.62. The molecule has 0 aliphatic heterocycles. The van der Waals surface area contributed by atoms with E-state index in [0.29, 0.717) is 11.7 Å². The molecular formula is C9H7N5O. The van der Waals surface area contributed by atoms with Crippen LogP contribution in [-0.2, 0) is 6.54 Å². The maximum Gasteiger partial charge on any atom is 0.232 e. The van der Waals surface area contributed by atoms with Crippen LogP contribution in [-0.4, -0.2) is 10.1 Å². The maximum atomic E-state index is 8.12. The number of benzene rings is 1. The van der Waals surface area contributed by atoms with Crippen molar-refractivity contribution in [2.45, 2.75) is 6.54 Å². The van der Waals surface area contributed by atoms with E-state index in [9.17, 15) is 0 Å². The van der Waals surface area contributed by atoms with Gasteiger partial charge in [-0.25, -0.2) is 0 Å². The minimum atomic E-state index is 0.0797. The molecule has 2 aromatic rings. The van der Waals surface area contributed by atoms with Crippen molar-refractivity contribution >= 4 is 0 Å². The Morgan fingerprint density at radius 3 is 2.87 bits per heavy atom. The summed E-state index contributed by atoms with van der Waals surface area (Å²) in [6.45, 7) is 0.0797. The van der Waals surface area contributed by atoms with Crippen molar-refractivity contribution in [3.8, 4) is 11.4 Å². The van der Waals surface area contributed by atoms with Gasteiger partial charge in [0.1, 0.15) is 6.54 Å². The summed E-state index contributed by atoms with van der Waals surface area (Å²) in [5.41, 5.74) is 8.99. The molecular weight excluding hydrogens is 194 g/mol. The highest BCUT2D eigenvalue weighted by atomic mass is 16.5. The zero-order valence-corrected chi connectivity index (χ0v) is 7.74. The second-order valence-corrected chi connectivity index (χ2v) is 2.77. The number of nitrogens with zero attached hydrogens (tertiary/aromatic N) is 5. The van der Waals surface area contributed by atoms with Crippen molar-refractivity contribution < 1.29 is 4.52 Å². The minimum absolute atomic E-state index is 0.0797. The van der Waals surface area contributed by atoms with Gasteiger partial charge in [-0.05, 0) is 5.53 Å². The van der Waals surface area contributed by atoms with Gasteiger partial charge in [-0.1, -0.05) is 40.6 Å². The highest BCUT2D eigenvalue weighted by Crippen LogP contribution is 2.14. The van der Waals surface area contributed by atoms with Crippen LogP contribution in [0.25, 0.3) is 21.8 Å². The number of hydrogen-bond acceptors (Lipinski definition) is 4. The summed E-state index contributed by atoms with van der Waals surface area (Å²) in [5.74, 6) is 0.811. The topological polar surface area (TPSA) is 87.7 Å². The predicted octanol–water partition coefficient (Wildman–Crippen LogP) is 2.55. The number of hydrogen-bond donors (Lipinski definition) is 0. The van der Waals surface area contributed by atoms with E-state index in [1.807, 2.05) is 30.3 Å². The molecule has 0 N–H and O–H groups in total. The molecule has 0 fully saturated rings. The van der Waals surface area contributed by atoms with Gasteiger partial charge < -0.3 is 4.52 Å². The molecule has 15 heavy (non-hydrogen) atoms. The molecule has 6 nitrogen and oxygen atoms in total. The number of azide groups is 1. The van der Waals surface area contributed by atoms with Crippen LogP contribution in [0.15, 0.2) is 40.0 Å². The van der Waals surface area contributed by atoms with E-state index in [-0.39, 0.29) is 6.54 Å². The van der Waals surface area contributed by atoms with Gasteiger partial charge in [-0.15, -0.1) is 0 Å². The summed E-state index contributed by atoms with van der Waals surface area (Å²) < 4.78 is 4.90. The molecule has 0 spiro atoms.